The molecule has 1 fully saturated rings. The van der Waals surface area contributed by atoms with Crippen molar-refractivity contribution < 1.29 is 8.78 Å². The molecule has 0 heterocycles. The molecule has 1 saturated carbocycles. The summed E-state index contributed by atoms with van der Waals surface area (Å²) in [4.78, 5) is 0. The number of hydrogen-bond acceptors (Lipinski definition) is 1. The number of nitrogens with one attached hydrogen (secondary N) is 1. The topological polar surface area (TPSA) is 12.0 Å². The van der Waals surface area contributed by atoms with E-state index in [1.807, 2.05) is 13.8 Å². The summed E-state index contributed by atoms with van der Waals surface area (Å²) in [5.74, 6) is -0.711. The maximum atomic E-state index is 14.0. The fourth-order valence-corrected chi connectivity index (χ4v) is 2.20. The summed E-state index contributed by atoms with van der Waals surface area (Å²) in [6.07, 6.45) is 2.46. The van der Waals surface area contributed by atoms with E-state index in [1.54, 1.807) is 6.92 Å². The first kappa shape index (κ1) is 13.5. The van der Waals surface area contributed by atoms with Gasteiger partial charge in [-0.3, -0.25) is 0 Å². The Bertz CT molecular complexity index is 427. The molecule has 0 aliphatic heterocycles. The molecule has 2 unspecified atom stereocenters. The zero-order valence-electron chi connectivity index (χ0n) is 11.3. The van der Waals surface area contributed by atoms with Crippen LogP contribution in [-0.4, -0.2) is 12.6 Å². The molecule has 0 bridgehead atoms. The van der Waals surface area contributed by atoms with Crippen molar-refractivity contribution in [3.05, 3.63) is 34.9 Å². The van der Waals surface area contributed by atoms with Crippen molar-refractivity contribution in [3.8, 4) is 0 Å². The van der Waals surface area contributed by atoms with Crippen LogP contribution in [-0.2, 0) is 0 Å². The average molecular weight is 253 g/mol. The molecule has 1 N–H and O–H groups in total. The Hall–Kier alpha value is -0.960. The standard InChI is InChI=1S/C15H21F2N/c1-9-4-7-13(16)14(15(9)17)11(3)10(2)8-18-12-5-6-12/h4,7,10-12,18H,5-6,8H2,1-3H3. The smallest absolute Gasteiger partial charge is 0.132 e. The third-order valence-electron chi connectivity index (χ3n) is 3.93. The van der Waals surface area contributed by atoms with E-state index >= 15 is 0 Å². The van der Waals surface area contributed by atoms with Crippen molar-refractivity contribution in [1.29, 1.82) is 0 Å². The number of benzene rings is 1. The predicted octanol–water partition coefficient (Wildman–Crippen LogP) is 3.76. The lowest BCUT2D eigenvalue weighted by Crippen LogP contribution is -2.26. The van der Waals surface area contributed by atoms with E-state index in [1.165, 1.54) is 25.0 Å². The summed E-state index contributed by atoms with van der Waals surface area (Å²) in [6, 6.07) is 3.49. The number of aryl methyl sites for hydroxylation is 1. The molecule has 0 spiro atoms. The maximum Gasteiger partial charge on any atom is 0.132 e. The average Bonchev–Trinajstić information content (AvgIpc) is 3.15. The number of rotatable bonds is 5. The van der Waals surface area contributed by atoms with Crippen LogP contribution in [0.3, 0.4) is 0 Å². The first-order chi connectivity index (χ1) is 8.50. The second-order valence-electron chi connectivity index (χ2n) is 5.54. The van der Waals surface area contributed by atoms with Crippen molar-refractivity contribution in [2.75, 3.05) is 6.54 Å². The summed E-state index contributed by atoms with van der Waals surface area (Å²) in [5.41, 5.74) is 0.751. The molecule has 1 aromatic rings. The van der Waals surface area contributed by atoms with E-state index in [-0.39, 0.29) is 23.2 Å². The van der Waals surface area contributed by atoms with Gasteiger partial charge >= 0.3 is 0 Å². The third-order valence-corrected chi connectivity index (χ3v) is 3.93. The Morgan fingerprint density at radius 2 is 1.94 bits per heavy atom. The highest BCUT2D eigenvalue weighted by molar-refractivity contribution is 5.29. The number of hydrogen-bond donors (Lipinski definition) is 1. The molecule has 0 aromatic heterocycles. The van der Waals surface area contributed by atoms with Gasteiger partial charge in [-0.1, -0.05) is 19.9 Å². The Kier molecular flexibility index (Phi) is 4.00. The molecule has 0 radical (unpaired) electrons. The van der Waals surface area contributed by atoms with E-state index < -0.39 is 5.82 Å². The summed E-state index contributed by atoms with van der Waals surface area (Å²) >= 11 is 0. The molecule has 100 valence electrons. The number of halogens is 2. The minimum Gasteiger partial charge on any atom is -0.314 e. The van der Waals surface area contributed by atoms with Crippen LogP contribution in [0.5, 0.6) is 0 Å². The van der Waals surface area contributed by atoms with E-state index in [4.69, 9.17) is 0 Å². The quantitative estimate of drug-likeness (QED) is 0.842. The Balaban J connectivity index is 2.10. The summed E-state index contributed by atoms with van der Waals surface area (Å²) in [7, 11) is 0. The van der Waals surface area contributed by atoms with Crippen LogP contribution in [0.2, 0.25) is 0 Å². The molecule has 1 aliphatic rings. The van der Waals surface area contributed by atoms with Crippen molar-refractivity contribution in [1.82, 2.24) is 5.32 Å². The van der Waals surface area contributed by atoms with Gasteiger partial charge in [0.05, 0.1) is 0 Å². The molecule has 3 heteroatoms. The maximum absolute atomic E-state index is 14.0. The molecular weight excluding hydrogens is 232 g/mol. The predicted molar refractivity (Wildman–Crippen MR) is 69.7 cm³/mol. The van der Waals surface area contributed by atoms with Crippen LogP contribution in [0, 0.1) is 24.5 Å². The van der Waals surface area contributed by atoms with Gasteiger partial charge < -0.3 is 5.32 Å². The monoisotopic (exact) mass is 253 g/mol. The Morgan fingerprint density at radius 1 is 1.28 bits per heavy atom. The van der Waals surface area contributed by atoms with Crippen LogP contribution < -0.4 is 5.32 Å². The lowest BCUT2D eigenvalue weighted by molar-refractivity contribution is 0.416. The summed E-state index contributed by atoms with van der Waals surface area (Å²) in [6.45, 7) is 6.44. The van der Waals surface area contributed by atoms with Gasteiger partial charge in [0.15, 0.2) is 0 Å². The molecule has 1 aliphatic carbocycles. The van der Waals surface area contributed by atoms with Gasteiger partial charge in [-0.05, 0) is 49.8 Å². The van der Waals surface area contributed by atoms with Crippen molar-refractivity contribution in [2.45, 2.75) is 45.6 Å². The molecule has 2 rings (SSSR count). The van der Waals surface area contributed by atoms with E-state index in [2.05, 4.69) is 5.32 Å². The van der Waals surface area contributed by atoms with Crippen molar-refractivity contribution >= 4 is 0 Å². The zero-order valence-corrected chi connectivity index (χ0v) is 11.3. The Morgan fingerprint density at radius 3 is 2.56 bits per heavy atom. The lowest BCUT2D eigenvalue weighted by atomic mass is 9.87. The molecule has 0 saturated heterocycles. The Labute approximate surface area is 108 Å². The molecule has 2 atom stereocenters. The van der Waals surface area contributed by atoms with Crippen molar-refractivity contribution in [2.24, 2.45) is 5.92 Å². The van der Waals surface area contributed by atoms with Crippen LogP contribution in [0.15, 0.2) is 12.1 Å². The van der Waals surface area contributed by atoms with Gasteiger partial charge in [0.25, 0.3) is 0 Å². The van der Waals surface area contributed by atoms with Gasteiger partial charge in [-0.25, -0.2) is 8.78 Å². The van der Waals surface area contributed by atoms with Crippen molar-refractivity contribution in [3.63, 3.8) is 0 Å². The second kappa shape index (κ2) is 5.35. The van der Waals surface area contributed by atoms with Gasteiger partial charge in [-0.15, -0.1) is 0 Å². The second-order valence-corrected chi connectivity index (χ2v) is 5.54. The van der Waals surface area contributed by atoms with Crippen LogP contribution in [0.4, 0.5) is 8.78 Å². The molecular formula is C15H21F2N. The summed E-state index contributed by atoms with van der Waals surface area (Å²) in [5, 5.41) is 3.42. The van der Waals surface area contributed by atoms with Gasteiger partial charge in [0.2, 0.25) is 0 Å². The molecule has 1 nitrogen and oxygen atoms in total. The lowest BCUT2D eigenvalue weighted by Gasteiger charge is -2.22. The highest BCUT2D eigenvalue weighted by Gasteiger charge is 2.25. The molecule has 1 aromatic carbocycles. The zero-order chi connectivity index (χ0) is 13.3. The fraction of sp³-hybridized carbons (Fsp3) is 0.600. The first-order valence-electron chi connectivity index (χ1n) is 6.68. The highest BCUT2D eigenvalue weighted by atomic mass is 19.1. The highest BCUT2D eigenvalue weighted by Crippen LogP contribution is 2.30. The molecule has 18 heavy (non-hydrogen) atoms. The normalized spacial score (nSPS) is 18.7. The summed E-state index contributed by atoms with van der Waals surface area (Å²) < 4.78 is 27.8. The van der Waals surface area contributed by atoms with Crippen LogP contribution >= 0.6 is 0 Å². The minimum absolute atomic E-state index is 0.115. The van der Waals surface area contributed by atoms with E-state index in [9.17, 15) is 8.78 Å². The van der Waals surface area contributed by atoms with Crippen LogP contribution in [0.1, 0.15) is 43.7 Å². The van der Waals surface area contributed by atoms with Gasteiger partial charge in [-0.2, -0.15) is 0 Å². The van der Waals surface area contributed by atoms with Gasteiger partial charge in [0.1, 0.15) is 11.6 Å². The van der Waals surface area contributed by atoms with Crippen LogP contribution in [0.25, 0.3) is 0 Å². The van der Waals surface area contributed by atoms with E-state index in [0.29, 0.717) is 11.6 Å². The molecule has 0 amide bonds. The van der Waals surface area contributed by atoms with Gasteiger partial charge in [0, 0.05) is 11.6 Å². The fourth-order valence-electron chi connectivity index (χ4n) is 2.20. The first-order valence-corrected chi connectivity index (χ1v) is 6.68. The van der Waals surface area contributed by atoms with E-state index in [0.717, 1.165) is 6.54 Å². The minimum atomic E-state index is -0.427. The SMILES string of the molecule is Cc1ccc(F)c(C(C)C(C)CNC2CC2)c1F. The largest absolute Gasteiger partial charge is 0.314 e. The third kappa shape index (κ3) is 2.89.